The predicted molar refractivity (Wildman–Crippen MR) is 90.5 cm³/mol. The summed E-state index contributed by atoms with van der Waals surface area (Å²) in [6, 6.07) is 9.60. The van der Waals surface area contributed by atoms with E-state index in [9.17, 15) is 13.2 Å². The van der Waals surface area contributed by atoms with Crippen LogP contribution in [0.15, 0.2) is 45.7 Å². The van der Waals surface area contributed by atoms with E-state index in [1.54, 1.807) is 24.3 Å². The van der Waals surface area contributed by atoms with E-state index < -0.39 is 10.0 Å². The summed E-state index contributed by atoms with van der Waals surface area (Å²) >= 11 is 0. The third-order valence-electron chi connectivity index (χ3n) is 4.05. The van der Waals surface area contributed by atoms with E-state index in [1.165, 1.54) is 16.4 Å². The van der Waals surface area contributed by atoms with Crippen LogP contribution in [0.25, 0.3) is 0 Å². The second-order valence-electron chi connectivity index (χ2n) is 5.71. The molecule has 2 aromatic rings. The fraction of sp³-hybridized carbons (Fsp3) is 0.353. The Labute approximate surface area is 141 Å². The van der Waals surface area contributed by atoms with Gasteiger partial charge in [-0.25, -0.2) is 8.42 Å². The molecule has 24 heavy (non-hydrogen) atoms. The van der Waals surface area contributed by atoms with Gasteiger partial charge in [-0.1, -0.05) is 6.92 Å². The van der Waals surface area contributed by atoms with E-state index in [0.717, 1.165) is 25.0 Å². The predicted octanol–water partition coefficient (Wildman–Crippen LogP) is 2.88. The fourth-order valence-electron chi connectivity index (χ4n) is 2.67. The van der Waals surface area contributed by atoms with E-state index >= 15 is 0 Å². The Morgan fingerprint density at radius 1 is 1.12 bits per heavy atom. The molecule has 128 valence electrons. The van der Waals surface area contributed by atoms with Gasteiger partial charge in [0.15, 0.2) is 5.76 Å². The van der Waals surface area contributed by atoms with Crippen molar-refractivity contribution in [2.24, 2.45) is 0 Å². The number of carbonyl (C=O) groups excluding carboxylic acids is 1. The van der Waals surface area contributed by atoms with Gasteiger partial charge in [0.1, 0.15) is 5.76 Å². The normalized spacial score (nSPS) is 15.5. The standard InChI is InChI=1S/C17H20N2O4S/c1-2-14-7-10-16(23-14)17(20)18-13-5-8-15(9-6-13)24(21,22)19-11-3-4-12-19/h5-10H,2-4,11-12H2,1H3,(H,18,20). The van der Waals surface area contributed by atoms with Gasteiger partial charge in [0, 0.05) is 25.2 Å². The van der Waals surface area contributed by atoms with Gasteiger partial charge in [0.25, 0.3) is 5.91 Å². The average Bonchev–Trinajstić information content (AvgIpc) is 3.27. The van der Waals surface area contributed by atoms with Crippen molar-refractivity contribution in [1.29, 1.82) is 0 Å². The van der Waals surface area contributed by atoms with Crippen LogP contribution in [0.5, 0.6) is 0 Å². The highest BCUT2D eigenvalue weighted by Gasteiger charge is 2.26. The second kappa shape index (κ2) is 6.78. The average molecular weight is 348 g/mol. The van der Waals surface area contributed by atoms with Crippen LogP contribution in [0, 0.1) is 0 Å². The van der Waals surface area contributed by atoms with Crippen molar-refractivity contribution in [3.63, 3.8) is 0 Å². The lowest BCUT2D eigenvalue weighted by atomic mass is 10.3. The number of hydrogen-bond donors (Lipinski definition) is 1. The van der Waals surface area contributed by atoms with Crippen molar-refractivity contribution in [1.82, 2.24) is 4.31 Å². The molecule has 7 heteroatoms. The van der Waals surface area contributed by atoms with Crippen LogP contribution >= 0.6 is 0 Å². The van der Waals surface area contributed by atoms with Crippen molar-refractivity contribution in [2.75, 3.05) is 18.4 Å². The number of nitrogens with zero attached hydrogens (tertiary/aromatic N) is 1. The molecule has 6 nitrogen and oxygen atoms in total. The number of hydrogen-bond acceptors (Lipinski definition) is 4. The molecule has 1 aliphatic rings. The van der Waals surface area contributed by atoms with E-state index in [1.807, 2.05) is 6.92 Å². The Bertz CT molecular complexity index is 819. The van der Waals surface area contributed by atoms with Gasteiger partial charge in [-0.05, 0) is 49.2 Å². The van der Waals surface area contributed by atoms with E-state index in [2.05, 4.69) is 5.32 Å². The second-order valence-corrected chi connectivity index (χ2v) is 7.65. The van der Waals surface area contributed by atoms with Crippen LogP contribution in [0.1, 0.15) is 36.1 Å². The topological polar surface area (TPSA) is 79.6 Å². The zero-order valence-corrected chi connectivity index (χ0v) is 14.3. The molecule has 1 aromatic heterocycles. The molecule has 1 aliphatic heterocycles. The molecule has 0 spiro atoms. The van der Waals surface area contributed by atoms with Gasteiger partial charge < -0.3 is 9.73 Å². The van der Waals surface area contributed by atoms with Crippen molar-refractivity contribution in [2.45, 2.75) is 31.1 Å². The van der Waals surface area contributed by atoms with Gasteiger partial charge in [-0.15, -0.1) is 0 Å². The molecule has 0 unspecified atom stereocenters. The maximum atomic E-state index is 12.4. The van der Waals surface area contributed by atoms with Crippen LogP contribution in [0.2, 0.25) is 0 Å². The number of aryl methyl sites for hydroxylation is 1. The summed E-state index contributed by atoms with van der Waals surface area (Å²) in [4.78, 5) is 12.3. The first-order valence-electron chi connectivity index (χ1n) is 8.01. The molecule has 0 atom stereocenters. The SMILES string of the molecule is CCc1ccc(C(=O)Nc2ccc(S(=O)(=O)N3CCCC3)cc2)o1. The highest BCUT2D eigenvalue weighted by atomic mass is 32.2. The third-order valence-corrected chi connectivity index (χ3v) is 5.96. The van der Waals surface area contributed by atoms with E-state index in [4.69, 9.17) is 4.42 Å². The Hall–Kier alpha value is -2.12. The monoisotopic (exact) mass is 348 g/mol. The van der Waals surface area contributed by atoms with Crippen LogP contribution in [-0.2, 0) is 16.4 Å². The molecule has 1 N–H and O–H groups in total. The molecule has 2 heterocycles. The third kappa shape index (κ3) is 3.37. The van der Waals surface area contributed by atoms with Gasteiger partial charge >= 0.3 is 0 Å². The first-order chi connectivity index (χ1) is 11.5. The maximum Gasteiger partial charge on any atom is 0.291 e. The number of carbonyl (C=O) groups is 1. The Kier molecular flexibility index (Phi) is 4.73. The van der Waals surface area contributed by atoms with Gasteiger partial charge in [-0.2, -0.15) is 4.31 Å². The summed E-state index contributed by atoms with van der Waals surface area (Å²) in [7, 11) is -3.43. The molecule has 0 radical (unpaired) electrons. The lowest BCUT2D eigenvalue weighted by Gasteiger charge is -2.15. The molecule has 1 saturated heterocycles. The Morgan fingerprint density at radius 3 is 2.38 bits per heavy atom. The summed E-state index contributed by atoms with van der Waals surface area (Å²) < 4.78 is 31.8. The number of sulfonamides is 1. The number of furan rings is 1. The van der Waals surface area contributed by atoms with Crippen LogP contribution < -0.4 is 5.32 Å². The molecule has 3 rings (SSSR count). The van der Waals surface area contributed by atoms with Crippen molar-refractivity contribution < 1.29 is 17.6 Å². The number of anilines is 1. The number of nitrogens with one attached hydrogen (secondary N) is 1. The number of rotatable bonds is 5. The van der Waals surface area contributed by atoms with Gasteiger partial charge in [-0.3, -0.25) is 4.79 Å². The zero-order chi connectivity index (χ0) is 17.2. The first kappa shape index (κ1) is 16.7. The summed E-state index contributed by atoms with van der Waals surface area (Å²) in [5, 5.41) is 2.70. The lowest BCUT2D eigenvalue weighted by molar-refractivity contribution is 0.0995. The maximum absolute atomic E-state index is 12.4. The molecule has 1 fully saturated rings. The fourth-order valence-corrected chi connectivity index (χ4v) is 4.19. The minimum atomic E-state index is -3.43. The molecule has 0 saturated carbocycles. The Morgan fingerprint density at radius 2 is 1.79 bits per heavy atom. The molecule has 1 aromatic carbocycles. The lowest BCUT2D eigenvalue weighted by Crippen LogP contribution is -2.27. The molecule has 1 amide bonds. The highest BCUT2D eigenvalue weighted by Crippen LogP contribution is 2.22. The summed E-state index contributed by atoms with van der Waals surface area (Å²) in [6.07, 6.45) is 2.52. The van der Waals surface area contributed by atoms with Crippen molar-refractivity contribution in [3.8, 4) is 0 Å². The van der Waals surface area contributed by atoms with E-state index in [0.29, 0.717) is 18.8 Å². The smallest absolute Gasteiger partial charge is 0.291 e. The first-order valence-corrected chi connectivity index (χ1v) is 9.45. The number of amides is 1. The highest BCUT2D eigenvalue weighted by molar-refractivity contribution is 7.89. The van der Waals surface area contributed by atoms with Crippen LogP contribution in [0.4, 0.5) is 5.69 Å². The largest absolute Gasteiger partial charge is 0.456 e. The van der Waals surface area contributed by atoms with Gasteiger partial charge in [0.2, 0.25) is 10.0 Å². The summed E-state index contributed by atoms with van der Waals surface area (Å²) in [5.41, 5.74) is 0.523. The molecular weight excluding hydrogens is 328 g/mol. The van der Waals surface area contributed by atoms with Crippen molar-refractivity contribution >= 4 is 21.6 Å². The summed E-state index contributed by atoms with van der Waals surface area (Å²) in [6.45, 7) is 3.08. The zero-order valence-electron chi connectivity index (χ0n) is 13.5. The quantitative estimate of drug-likeness (QED) is 0.901. The number of benzene rings is 1. The molecule has 0 aliphatic carbocycles. The van der Waals surface area contributed by atoms with Crippen LogP contribution in [-0.4, -0.2) is 31.7 Å². The molecule has 0 bridgehead atoms. The van der Waals surface area contributed by atoms with Crippen molar-refractivity contribution in [3.05, 3.63) is 47.9 Å². The Balaban J connectivity index is 1.71. The van der Waals surface area contributed by atoms with Crippen LogP contribution in [0.3, 0.4) is 0 Å². The minimum Gasteiger partial charge on any atom is -0.456 e. The molecular formula is C17H20N2O4S. The summed E-state index contributed by atoms with van der Waals surface area (Å²) in [5.74, 6) is 0.623. The van der Waals surface area contributed by atoms with Gasteiger partial charge in [0.05, 0.1) is 4.90 Å². The van der Waals surface area contributed by atoms with E-state index in [-0.39, 0.29) is 16.6 Å². The minimum absolute atomic E-state index is 0.237.